The van der Waals surface area contributed by atoms with Gasteiger partial charge in [-0.25, -0.2) is 8.78 Å². The first kappa shape index (κ1) is 31.1. The Morgan fingerprint density at radius 2 is 1.50 bits per heavy atom. The molecule has 1 fully saturated rings. The first-order valence-corrected chi connectivity index (χ1v) is 12.6. The summed E-state index contributed by atoms with van der Waals surface area (Å²) in [5.41, 5.74) is 0.841. The maximum atomic E-state index is 14.1. The number of aryl methyl sites for hydroxylation is 1. The molecule has 0 amide bonds. The van der Waals surface area contributed by atoms with Crippen molar-refractivity contribution in [3.8, 4) is 17.2 Å². The lowest BCUT2D eigenvalue weighted by atomic mass is 9.62. The molecule has 3 aromatic carbocycles. The second-order valence-corrected chi connectivity index (χ2v) is 9.41. The van der Waals surface area contributed by atoms with Gasteiger partial charge in [0.15, 0.2) is 11.6 Å². The van der Waals surface area contributed by atoms with E-state index >= 15 is 0 Å². The Kier molecular flexibility index (Phi) is 12.5. The lowest BCUT2D eigenvalue weighted by Crippen LogP contribution is -2.48. The zero-order chi connectivity index (χ0) is 28.1. The molecule has 1 aliphatic heterocycles. The maximum Gasteiger partial charge on any atom is 0.165 e. The van der Waals surface area contributed by atoms with Crippen molar-refractivity contribution in [1.82, 2.24) is 0 Å². The van der Waals surface area contributed by atoms with E-state index in [1.165, 1.54) is 5.56 Å². The third kappa shape index (κ3) is 7.68. The molecule has 8 heteroatoms. The van der Waals surface area contributed by atoms with E-state index in [1.807, 2.05) is 62.2 Å². The number of rotatable bonds is 3. The summed E-state index contributed by atoms with van der Waals surface area (Å²) < 4.78 is 43.2. The maximum absolute atomic E-state index is 14.1. The van der Waals surface area contributed by atoms with Crippen LogP contribution in [0.1, 0.15) is 36.8 Å². The van der Waals surface area contributed by atoms with Gasteiger partial charge in [0.2, 0.25) is 0 Å². The minimum Gasteiger partial charge on any atom is -0.497 e. The third-order valence-electron chi connectivity index (χ3n) is 6.78. The van der Waals surface area contributed by atoms with Crippen LogP contribution in [0.25, 0.3) is 0 Å². The molecule has 1 heterocycles. The molecule has 5 rings (SSSR count). The highest BCUT2D eigenvalue weighted by Crippen LogP contribution is 2.51. The second-order valence-electron chi connectivity index (χ2n) is 8.98. The molecule has 3 aromatic rings. The Morgan fingerprint density at radius 1 is 0.947 bits per heavy atom. The predicted molar refractivity (Wildman–Crippen MR) is 145 cm³/mol. The van der Waals surface area contributed by atoms with Crippen LogP contribution in [0.2, 0.25) is 5.02 Å². The molecule has 206 valence electrons. The van der Waals surface area contributed by atoms with Gasteiger partial charge in [0, 0.05) is 21.9 Å². The number of halogens is 3. The van der Waals surface area contributed by atoms with Gasteiger partial charge in [0.25, 0.3) is 0 Å². The van der Waals surface area contributed by atoms with E-state index in [1.54, 1.807) is 14.2 Å². The summed E-state index contributed by atoms with van der Waals surface area (Å²) in [5, 5.41) is 10.6. The quantitative estimate of drug-likeness (QED) is 0.384. The molecular weight excluding hydrogens is 514 g/mol. The standard InChI is InChI=1S/C14H16F2O2.C8H10O2.C7H7Cl.CH2O/c15-10-4-5-11(16)13-12(10)14(8-17)6-2-1-3-9(14)7-18-13;1-9-7-3-5-8(10-2)6-4-7;1-6-2-4-7(8)5-3-6;1-2/h4-5,9,17H,1-3,6-8H2;3-6H,1-2H3;2-5H,1H3;1H2. The average molecular weight is 549 g/mol. The molecule has 0 radical (unpaired) electrons. The number of carbonyl (C=O) groups is 1. The van der Waals surface area contributed by atoms with Gasteiger partial charge >= 0.3 is 0 Å². The molecular formula is C30H35ClF2O5. The number of carbonyl (C=O) groups excluding carboxylic acids is 1. The van der Waals surface area contributed by atoms with Crippen LogP contribution in [0.15, 0.2) is 60.7 Å². The van der Waals surface area contributed by atoms with Gasteiger partial charge in [-0.15, -0.1) is 0 Å². The summed E-state index contributed by atoms with van der Waals surface area (Å²) in [7, 11) is 3.28. The van der Waals surface area contributed by atoms with Crippen LogP contribution in [0.4, 0.5) is 8.78 Å². The third-order valence-corrected chi connectivity index (χ3v) is 7.03. The Balaban J connectivity index is 0.000000215. The summed E-state index contributed by atoms with van der Waals surface area (Å²) in [5.74, 6) is 0.777. The molecule has 0 bridgehead atoms. The monoisotopic (exact) mass is 548 g/mol. The molecule has 2 atom stereocenters. The van der Waals surface area contributed by atoms with E-state index in [0.717, 1.165) is 47.9 Å². The second kappa shape index (κ2) is 15.3. The highest BCUT2D eigenvalue weighted by atomic mass is 35.5. The van der Waals surface area contributed by atoms with Crippen LogP contribution in [-0.2, 0) is 10.2 Å². The number of benzene rings is 3. The minimum atomic E-state index is -0.655. The number of ether oxygens (including phenoxy) is 3. The normalized spacial score (nSPS) is 18.8. The molecule has 0 aromatic heterocycles. The summed E-state index contributed by atoms with van der Waals surface area (Å²) in [6.45, 7) is 4.26. The van der Waals surface area contributed by atoms with Gasteiger partial charge < -0.3 is 24.1 Å². The van der Waals surface area contributed by atoms with E-state index < -0.39 is 17.0 Å². The van der Waals surface area contributed by atoms with Gasteiger partial charge in [-0.2, -0.15) is 0 Å². The largest absolute Gasteiger partial charge is 0.497 e. The van der Waals surface area contributed by atoms with Gasteiger partial charge in [0.05, 0.1) is 27.4 Å². The highest BCUT2D eigenvalue weighted by molar-refractivity contribution is 6.30. The van der Waals surface area contributed by atoms with Crippen molar-refractivity contribution in [2.24, 2.45) is 5.92 Å². The topological polar surface area (TPSA) is 65.0 Å². The van der Waals surface area contributed by atoms with Crippen molar-refractivity contribution in [3.63, 3.8) is 0 Å². The molecule has 2 unspecified atom stereocenters. The molecule has 0 spiro atoms. The molecule has 1 saturated carbocycles. The summed E-state index contributed by atoms with van der Waals surface area (Å²) in [4.78, 5) is 8.00. The molecule has 0 saturated heterocycles. The van der Waals surface area contributed by atoms with Gasteiger partial charge in [-0.3, -0.25) is 0 Å². The van der Waals surface area contributed by atoms with E-state index in [2.05, 4.69) is 0 Å². The molecule has 5 nitrogen and oxygen atoms in total. The molecule has 1 N–H and O–H groups in total. The number of hydrogen-bond donors (Lipinski definition) is 1. The summed E-state index contributed by atoms with van der Waals surface area (Å²) in [6, 6.07) is 17.4. The Morgan fingerprint density at radius 3 is 2.00 bits per heavy atom. The van der Waals surface area contributed by atoms with Gasteiger partial charge in [-0.1, -0.05) is 42.1 Å². The van der Waals surface area contributed by atoms with Crippen molar-refractivity contribution in [2.75, 3.05) is 27.4 Å². The highest BCUT2D eigenvalue weighted by Gasteiger charge is 2.48. The Labute approximate surface area is 228 Å². The van der Waals surface area contributed by atoms with Gasteiger partial charge in [0.1, 0.15) is 24.1 Å². The van der Waals surface area contributed by atoms with Crippen LogP contribution in [0.5, 0.6) is 17.2 Å². The van der Waals surface area contributed by atoms with Crippen LogP contribution in [-0.4, -0.2) is 39.3 Å². The van der Waals surface area contributed by atoms with Crippen molar-refractivity contribution in [3.05, 3.63) is 88.4 Å². The number of fused-ring (bicyclic) bond motifs is 3. The summed E-state index contributed by atoms with van der Waals surface area (Å²) in [6.07, 6.45) is 3.59. The van der Waals surface area contributed by atoms with E-state index in [-0.39, 0.29) is 23.8 Å². The van der Waals surface area contributed by atoms with E-state index in [0.29, 0.717) is 13.0 Å². The fourth-order valence-electron chi connectivity index (χ4n) is 4.74. The van der Waals surface area contributed by atoms with Crippen LogP contribution >= 0.6 is 11.6 Å². The SMILES string of the molecule is C=O.COc1ccc(OC)cc1.Cc1ccc(Cl)cc1.OCC12CCCCC1COc1c(F)ccc(F)c12. The predicted octanol–water partition coefficient (Wildman–Crippen LogP) is 6.94. The van der Waals surface area contributed by atoms with Crippen LogP contribution < -0.4 is 14.2 Å². The Bertz CT molecular complexity index is 1080. The van der Waals surface area contributed by atoms with E-state index in [9.17, 15) is 13.9 Å². The lowest BCUT2D eigenvalue weighted by Gasteiger charge is -2.47. The van der Waals surface area contributed by atoms with Crippen LogP contribution in [0.3, 0.4) is 0 Å². The fourth-order valence-corrected chi connectivity index (χ4v) is 4.86. The first-order valence-electron chi connectivity index (χ1n) is 12.3. The van der Waals surface area contributed by atoms with Crippen molar-refractivity contribution < 1.29 is 32.9 Å². The zero-order valence-corrected chi connectivity index (χ0v) is 22.8. The minimum absolute atomic E-state index is 0.00204. The van der Waals surface area contributed by atoms with E-state index in [4.69, 9.17) is 30.6 Å². The van der Waals surface area contributed by atoms with Crippen molar-refractivity contribution >= 4 is 18.4 Å². The van der Waals surface area contributed by atoms with Crippen molar-refractivity contribution in [2.45, 2.75) is 38.0 Å². The molecule has 2 aliphatic rings. The number of aliphatic hydroxyl groups is 1. The molecule has 1 aliphatic carbocycles. The average Bonchev–Trinajstić information content (AvgIpc) is 2.97. The number of hydrogen-bond acceptors (Lipinski definition) is 5. The smallest absolute Gasteiger partial charge is 0.165 e. The lowest BCUT2D eigenvalue weighted by molar-refractivity contribution is -0.0980. The van der Waals surface area contributed by atoms with Crippen LogP contribution in [0, 0.1) is 24.5 Å². The Hall–Kier alpha value is -3.16. The van der Waals surface area contributed by atoms with Gasteiger partial charge in [-0.05, 0) is 68.3 Å². The molecule has 38 heavy (non-hydrogen) atoms. The fraction of sp³-hybridized carbons (Fsp3) is 0.367. The number of aliphatic hydroxyl groups excluding tert-OH is 1. The first-order chi connectivity index (χ1) is 18.3. The number of methoxy groups -OCH3 is 2. The zero-order valence-electron chi connectivity index (χ0n) is 22.0. The summed E-state index contributed by atoms with van der Waals surface area (Å²) >= 11 is 5.61. The van der Waals surface area contributed by atoms with Crippen molar-refractivity contribution in [1.29, 1.82) is 0 Å².